The number of carbonyl (C=O) groups is 2. The fraction of sp³-hybridized carbons (Fsp3) is 0.118. The molecule has 8 heteroatoms. The first-order valence-corrected chi connectivity index (χ1v) is 9.17. The van der Waals surface area contributed by atoms with Crippen LogP contribution in [-0.4, -0.2) is 22.6 Å². The molecule has 128 valence electrons. The van der Waals surface area contributed by atoms with Gasteiger partial charge in [0, 0.05) is 12.6 Å². The Balaban J connectivity index is 1.63. The molecule has 0 saturated heterocycles. The van der Waals surface area contributed by atoms with Crippen molar-refractivity contribution in [3.05, 3.63) is 48.3 Å². The average Bonchev–Trinajstić information content (AvgIpc) is 2.97. The van der Waals surface area contributed by atoms with E-state index in [1.807, 2.05) is 12.1 Å². The Bertz CT molecular complexity index is 943. The van der Waals surface area contributed by atoms with Crippen LogP contribution in [0.2, 0.25) is 0 Å². The molecule has 2 aromatic carbocycles. The van der Waals surface area contributed by atoms with Gasteiger partial charge in [0.25, 0.3) is 0 Å². The number of nitrogens with zero attached hydrogens (tertiary/aromatic N) is 1. The molecule has 2 N–H and O–H groups in total. The van der Waals surface area contributed by atoms with Gasteiger partial charge in [-0.3, -0.25) is 9.59 Å². The molecule has 0 saturated carbocycles. The third-order valence-corrected chi connectivity index (χ3v) is 5.32. The van der Waals surface area contributed by atoms with Gasteiger partial charge in [-0.25, -0.2) is 9.37 Å². The lowest BCUT2D eigenvalue weighted by Crippen LogP contribution is -2.14. The van der Waals surface area contributed by atoms with Crippen LogP contribution in [0.5, 0.6) is 0 Å². The molecule has 1 heterocycles. The number of nitrogens with one attached hydrogen (secondary N) is 2. The highest BCUT2D eigenvalue weighted by Gasteiger charge is 2.10. The molecule has 0 aliphatic rings. The fourth-order valence-electron chi connectivity index (χ4n) is 2.12. The summed E-state index contributed by atoms with van der Waals surface area (Å²) in [7, 11) is 0. The zero-order chi connectivity index (χ0) is 17.8. The topological polar surface area (TPSA) is 71.1 Å². The summed E-state index contributed by atoms with van der Waals surface area (Å²) in [6.45, 7) is 1.45. The number of thiazole rings is 1. The smallest absolute Gasteiger partial charge is 0.234 e. The number of hydrogen-bond donors (Lipinski definition) is 2. The van der Waals surface area contributed by atoms with Crippen LogP contribution < -0.4 is 10.6 Å². The predicted molar refractivity (Wildman–Crippen MR) is 99.7 cm³/mol. The maximum atomic E-state index is 13.5. The van der Waals surface area contributed by atoms with E-state index in [0.29, 0.717) is 5.69 Å². The Hall–Kier alpha value is -2.45. The van der Waals surface area contributed by atoms with Crippen LogP contribution >= 0.6 is 23.1 Å². The van der Waals surface area contributed by atoms with E-state index in [-0.39, 0.29) is 23.3 Å². The zero-order valence-corrected chi connectivity index (χ0v) is 14.8. The summed E-state index contributed by atoms with van der Waals surface area (Å²) in [6, 6.07) is 11.5. The highest BCUT2D eigenvalue weighted by Crippen LogP contribution is 2.31. The van der Waals surface area contributed by atoms with Crippen LogP contribution in [0, 0.1) is 5.82 Å². The highest BCUT2D eigenvalue weighted by atomic mass is 32.2. The second kappa shape index (κ2) is 7.62. The monoisotopic (exact) mass is 375 g/mol. The van der Waals surface area contributed by atoms with Gasteiger partial charge in [-0.15, -0.1) is 11.3 Å². The van der Waals surface area contributed by atoms with Crippen molar-refractivity contribution in [1.29, 1.82) is 0 Å². The summed E-state index contributed by atoms with van der Waals surface area (Å²) in [5.74, 6) is -0.768. The van der Waals surface area contributed by atoms with Crippen LogP contribution in [0.15, 0.2) is 46.8 Å². The molecule has 3 rings (SSSR count). The molecular weight excluding hydrogens is 361 g/mol. The first-order valence-electron chi connectivity index (χ1n) is 7.36. The van der Waals surface area contributed by atoms with Crippen LogP contribution in [0.4, 0.5) is 15.8 Å². The van der Waals surface area contributed by atoms with Gasteiger partial charge in [0.2, 0.25) is 11.8 Å². The van der Waals surface area contributed by atoms with E-state index in [2.05, 4.69) is 15.6 Å². The van der Waals surface area contributed by atoms with E-state index in [9.17, 15) is 14.0 Å². The molecule has 0 aliphatic carbocycles. The molecule has 0 bridgehead atoms. The van der Waals surface area contributed by atoms with Gasteiger partial charge < -0.3 is 10.6 Å². The Morgan fingerprint density at radius 3 is 2.76 bits per heavy atom. The molecule has 0 fully saturated rings. The molecule has 0 unspecified atom stereocenters. The van der Waals surface area contributed by atoms with Gasteiger partial charge in [-0.1, -0.05) is 23.9 Å². The fourth-order valence-corrected chi connectivity index (χ4v) is 4.03. The third kappa shape index (κ3) is 4.55. The van der Waals surface area contributed by atoms with Crippen LogP contribution in [0.1, 0.15) is 6.92 Å². The maximum Gasteiger partial charge on any atom is 0.234 e. The number of hydrogen-bond acceptors (Lipinski definition) is 5. The molecule has 25 heavy (non-hydrogen) atoms. The molecule has 1 aromatic heterocycles. The number of fused-ring (bicyclic) bond motifs is 1. The molecule has 0 atom stereocenters. The lowest BCUT2D eigenvalue weighted by atomic mass is 10.3. The normalized spacial score (nSPS) is 10.6. The van der Waals surface area contributed by atoms with E-state index >= 15 is 0 Å². The summed E-state index contributed by atoms with van der Waals surface area (Å²) >= 11 is 2.72. The number of thioether (sulfide) groups is 1. The Labute approximate surface area is 151 Å². The predicted octanol–water partition coefficient (Wildman–Crippen LogP) is 4.12. The quantitative estimate of drug-likeness (QED) is 0.658. The number of halogens is 1. The lowest BCUT2D eigenvalue weighted by molar-refractivity contribution is -0.114. The molecule has 0 aliphatic heterocycles. The van der Waals surface area contributed by atoms with Crippen molar-refractivity contribution in [1.82, 2.24) is 4.98 Å². The first-order chi connectivity index (χ1) is 12.0. The Morgan fingerprint density at radius 2 is 2.00 bits per heavy atom. The minimum atomic E-state index is -0.466. The van der Waals surface area contributed by atoms with Crippen molar-refractivity contribution in [2.24, 2.45) is 0 Å². The number of aromatic nitrogens is 1. The number of amides is 2. The lowest BCUT2D eigenvalue weighted by Gasteiger charge is -2.04. The van der Waals surface area contributed by atoms with Gasteiger partial charge in [-0.2, -0.15) is 0 Å². The largest absolute Gasteiger partial charge is 0.326 e. The van der Waals surface area contributed by atoms with E-state index in [0.717, 1.165) is 14.6 Å². The molecule has 2 amide bonds. The Morgan fingerprint density at radius 1 is 1.20 bits per heavy atom. The summed E-state index contributed by atoms with van der Waals surface area (Å²) < 4.78 is 15.2. The third-order valence-electron chi connectivity index (χ3n) is 3.16. The molecule has 5 nitrogen and oxygen atoms in total. The number of benzene rings is 2. The van der Waals surface area contributed by atoms with Crippen molar-refractivity contribution in [3.63, 3.8) is 0 Å². The Kier molecular flexibility index (Phi) is 5.30. The second-order valence-electron chi connectivity index (χ2n) is 5.16. The van der Waals surface area contributed by atoms with Gasteiger partial charge in [0.05, 0.1) is 21.7 Å². The van der Waals surface area contributed by atoms with Gasteiger partial charge in [-0.05, 0) is 30.3 Å². The van der Waals surface area contributed by atoms with Gasteiger partial charge >= 0.3 is 0 Å². The number of para-hydroxylation sites is 1. The van der Waals surface area contributed by atoms with Gasteiger partial charge in [0.15, 0.2) is 4.34 Å². The molecular formula is C17H14FN3O2S2. The van der Waals surface area contributed by atoms with Crippen LogP contribution in [0.3, 0.4) is 0 Å². The van der Waals surface area contributed by atoms with Crippen molar-refractivity contribution < 1.29 is 14.0 Å². The van der Waals surface area contributed by atoms with E-state index < -0.39 is 5.82 Å². The van der Waals surface area contributed by atoms with E-state index in [1.54, 1.807) is 18.2 Å². The van der Waals surface area contributed by atoms with Crippen molar-refractivity contribution >= 4 is 56.5 Å². The summed E-state index contributed by atoms with van der Waals surface area (Å²) in [6.07, 6.45) is 0. The number of anilines is 2. The van der Waals surface area contributed by atoms with Crippen molar-refractivity contribution in [3.8, 4) is 0 Å². The first kappa shape index (κ1) is 17.4. The SMILES string of the molecule is CC(=O)Nc1ccc2nc(SCC(=O)Nc3ccccc3F)sc2c1. The maximum absolute atomic E-state index is 13.5. The second-order valence-corrected chi connectivity index (χ2v) is 7.41. The highest BCUT2D eigenvalue weighted by molar-refractivity contribution is 8.01. The van der Waals surface area contributed by atoms with E-state index in [1.165, 1.54) is 42.2 Å². The van der Waals surface area contributed by atoms with Crippen LogP contribution in [-0.2, 0) is 9.59 Å². The summed E-state index contributed by atoms with van der Waals surface area (Å²) in [5, 5.41) is 5.26. The minimum absolute atomic E-state index is 0.132. The van der Waals surface area contributed by atoms with Gasteiger partial charge in [0.1, 0.15) is 5.82 Å². The standard InChI is InChI=1S/C17H14FN3O2S2/c1-10(22)19-11-6-7-14-15(8-11)25-17(21-14)24-9-16(23)20-13-5-3-2-4-12(13)18/h2-8H,9H2,1H3,(H,19,22)(H,20,23). The summed E-state index contributed by atoms with van der Waals surface area (Å²) in [5.41, 5.74) is 1.67. The van der Waals surface area contributed by atoms with Crippen LogP contribution in [0.25, 0.3) is 10.2 Å². The average molecular weight is 375 g/mol. The van der Waals surface area contributed by atoms with E-state index in [4.69, 9.17) is 0 Å². The molecule has 0 spiro atoms. The summed E-state index contributed by atoms with van der Waals surface area (Å²) in [4.78, 5) is 27.5. The molecule has 3 aromatic rings. The van der Waals surface area contributed by atoms with Crippen molar-refractivity contribution in [2.45, 2.75) is 11.3 Å². The minimum Gasteiger partial charge on any atom is -0.326 e. The molecule has 0 radical (unpaired) electrons. The number of rotatable bonds is 5. The number of carbonyl (C=O) groups excluding carboxylic acids is 2. The zero-order valence-electron chi connectivity index (χ0n) is 13.2. The van der Waals surface area contributed by atoms with Crippen molar-refractivity contribution in [2.75, 3.05) is 16.4 Å².